The zero-order valence-electron chi connectivity index (χ0n) is 11.1. The third-order valence-corrected chi connectivity index (χ3v) is 4.75. The van der Waals surface area contributed by atoms with Gasteiger partial charge in [-0.1, -0.05) is 15.9 Å². The van der Waals surface area contributed by atoms with E-state index in [1.807, 2.05) is 25.1 Å². The molecule has 6 heteroatoms. The Morgan fingerprint density at radius 1 is 1.55 bits per heavy atom. The molecule has 0 bridgehead atoms. The van der Waals surface area contributed by atoms with E-state index in [4.69, 9.17) is 10.8 Å². The summed E-state index contributed by atoms with van der Waals surface area (Å²) in [7, 11) is 0. The Labute approximate surface area is 130 Å². The number of halogens is 1. The van der Waals surface area contributed by atoms with Crippen LogP contribution in [0.3, 0.4) is 0 Å². The molecule has 4 nitrogen and oxygen atoms in total. The van der Waals surface area contributed by atoms with Crippen molar-refractivity contribution in [2.45, 2.75) is 25.8 Å². The molecule has 0 radical (unpaired) electrons. The Morgan fingerprint density at radius 2 is 2.30 bits per heavy atom. The van der Waals surface area contributed by atoms with Gasteiger partial charge < -0.3 is 16.2 Å². The molecule has 0 aliphatic rings. The summed E-state index contributed by atoms with van der Waals surface area (Å²) in [6.07, 6.45) is 1.43. The Morgan fingerprint density at radius 3 is 3.00 bits per heavy atom. The van der Waals surface area contributed by atoms with Gasteiger partial charge in [0.05, 0.1) is 5.69 Å². The van der Waals surface area contributed by atoms with Gasteiger partial charge >= 0.3 is 0 Å². The van der Waals surface area contributed by atoms with Gasteiger partial charge in [0.1, 0.15) is 4.88 Å². The van der Waals surface area contributed by atoms with E-state index < -0.39 is 0 Å². The number of aliphatic hydroxyl groups is 1. The summed E-state index contributed by atoms with van der Waals surface area (Å²) in [6.45, 7) is 2.06. The summed E-state index contributed by atoms with van der Waals surface area (Å²) >= 11 is 4.81. The van der Waals surface area contributed by atoms with E-state index in [2.05, 4.69) is 21.2 Å². The highest BCUT2D eigenvalue weighted by atomic mass is 79.9. The van der Waals surface area contributed by atoms with Gasteiger partial charge in [-0.05, 0) is 38.0 Å². The number of nitrogens with two attached hydrogens (primary N) is 1. The molecule has 1 amide bonds. The molecule has 1 aromatic carbocycles. The van der Waals surface area contributed by atoms with Crippen molar-refractivity contribution in [1.82, 2.24) is 5.32 Å². The zero-order valence-corrected chi connectivity index (χ0v) is 13.6. The minimum atomic E-state index is -0.148. The van der Waals surface area contributed by atoms with E-state index in [0.29, 0.717) is 17.0 Å². The molecule has 2 rings (SSSR count). The molecule has 0 fully saturated rings. The third-order valence-electron chi connectivity index (χ3n) is 3.07. The van der Waals surface area contributed by atoms with E-state index in [9.17, 15) is 4.79 Å². The lowest BCUT2D eigenvalue weighted by Crippen LogP contribution is -2.32. The number of nitrogen functional groups attached to an aromatic ring is 1. The van der Waals surface area contributed by atoms with Crippen LogP contribution in [-0.4, -0.2) is 23.7 Å². The van der Waals surface area contributed by atoms with E-state index in [1.165, 1.54) is 11.3 Å². The molecule has 108 valence electrons. The summed E-state index contributed by atoms with van der Waals surface area (Å²) in [4.78, 5) is 12.8. The van der Waals surface area contributed by atoms with Crippen molar-refractivity contribution in [3.8, 4) is 0 Å². The van der Waals surface area contributed by atoms with Gasteiger partial charge in [0.2, 0.25) is 0 Å². The smallest absolute Gasteiger partial charge is 0.263 e. The van der Waals surface area contributed by atoms with Crippen LogP contribution in [0.5, 0.6) is 0 Å². The van der Waals surface area contributed by atoms with E-state index in [-0.39, 0.29) is 18.6 Å². The van der Waals surface area contributed by atoms with Gasteiger partial charge in [-0.15, -0.1) is 11.3 Å². The molecule has 4 N–H and O–H groups in total. The van der Waals surface area contributed by atoms with Crippen LogP contribution in [0.4, 0.5) is 5.69 Å². The average Bonchev–Trinajstić information content (AvgIpc) is 2.74. The van der Waals surface area contributed by atoms with Gasteiger partial charge in [-0.2, -0.15) is 0 Å². The second kappa shape index (κ2) is 6.56. The van der Waals surface area contributed by atoms with Gasteiger partial charge in [-0.3, -0.25) is 4.79 Å². The van der Waals surface area contributed by atoms with Gasteiger partial charge in [0.15, 0.2) is 0 Å². The quantitative estimate of drug-likeness (QED) is 0.770. The highest BCUT2D eigenvalue weighted by Gasteiger charge is 2.17. The molecule has 0 saturated carbocycles. The first-order valence-corrected chi connectivity index (χ1v) is 8.03. The first-order valence-electron chi connectivity index (χ1n) is 6.42. The first-order chi connectivity index (χ1) is 9.52. The number of benzene rings is 1. The monoisotopic (exact) mass is 356 g/mol. The number of thiophene rings is 1. The Bertz CT molecular complexity index is 627. The number of aliphatic hydroxyl groups excluding tert-OH is 1. The van der Waals surface area contributed by atoms with Crippen LogP contribution in [0.15, 0.2) is 22.7 Å². The molecule has 1 aromatic heterocycles. The number of rotatable bonds is 5. The molecule has 2 aromatic rings. The fourth-order valence-corrected chi connectivity index (χ4v) is 3.38. The van der Waals surface area contributed by atoms with Gasteiger partial charge in [-0.25, -0.2) is 0 Å². The van der Waals surface area contributed by atoms with Crippen molar-refractivity contribution in [3.63, 3.8) is 0 Å². The van der Waals surface area contributed by atoms with Crippen LogP contribution in [0.2, 0.25) is 0 Å². The molecule has 0 saturated heterocycles. The number of hydrogen-bond acceptors (Lipinski definition) is 4. The summed E-state index contributed by atoms with van der Waals surface area (Å²) in [5.41, 5.74) is 6.60. The summed E-state index contributed by atoms with van der Waals surface area (Å²) in [5.74, 6) is -0.148. The lowest BCUT2D eigenvalue weighted by Gasteiger charge is -2.12. The van der Waals surface area contributed by atoms with E-state index >= 15 is 0 Å². The minimum Gasteiger partial charge on any atom is -0.397 e. The van der Waals surface area contributed by atoms with Crippen molar-refractivity contribution in [2.24, 2.45) is 0 Å². The van der Waals surface area contributed by atoms with Crippen LogP contribution in [-0.2, 0) is 0 Å². The topological polar surface area (TPSA) is 75.3 Å². The maximum Gasteiger partial charge on any atom is 0.263 e. The first kappa shape index (κ1) is 15.3. The predicted molar refractivity (Wildman–Crippen MR) is 87.2 cm³/mol. The lowest BCUT2D eigenvalue weighted by atomic mass is 10.2. The zero-order chi connectivity index (χ0) is 14.7. The Balaban J connectivity index is 2.20. The maximum atomic E-state index is 12.2. The number of amides is 1. The van der Waals surface area contributed by atoms with Crippen LogP contribution in [0.1, 0.15) is 29.4 Å². The second-order valence-electron chi connectivity index (χ2n) is 4.73. The number of hydrogen-bond donors (Lipinski definition) is 3. The molecule has 1 unspecified atom stereocenters. The van der Waals surface area contributed by atoms with Crippen molar-refractivity contribution >= 4 is 48.9 Å². The van der Waals surface area contributed by atoms with Crippen LogP contribution < -0.4 is 11.1 Å². The highest BCUT2D eigenvalue weighted by molar-refractivity contribution is 9.10. The number of anilines is 1. The fraction of sp³-hybridized carbons (Fsp3) is 0.357. The number of carbonyl (C=O) groups excluding carboxylic acids is 1. The predicted octanol–water partition coefficient (Wildman–Crippen LogP) is 3.14. The molecule has 0 aliphatic heterocycles. The minimum absolute atomic E-state index is 0.0194. The average molecular weight is 357 g/mol. The van der Waals surface area contributed by atoms with Gasteiger partial charge in [0.25, 0.3) is 5.91 Å². The van der Waals surface area contributed by atoms with Crippen molar-refractivity contribution in [3.05, 3.63) is 27.5 Å². The lowest BCUT2D eigenvalue weighted by molar-refractivity contribution is 0.0941. The molecular weight excluding hydrogens is 340 g/mol. The van der Waals surface area contributed by atoms with Crippen LogP contribution >= 0.6 is 27.3 Å². The molecule has 0 aliphatic carbocycles. The molecule has 20 heavy (non-hydrogen) atoms. The number of nitrogens with one attached hydrogen (secondary N) is 1. The summed E-state index contributed by atoms with van der Waals surface area (Å²) < 4.78 is 1.94. The summed E-state index contributed by atoms with van der Waals surface area (Å²) in [6, 6.07) is 5.83. The maximum absolute atomic E-state index is 12.2. The van der Waals surface area contributed by atoms with Crippen LogP contribution in [0, 0.1) is 0 Å². The molecular formula is C14H17BrN2O2S. The van der Waals surface area contributed by atoms with Crippen molar-refractivity contribution in [2.75, 3.05) is 12.3 Å². The third kappa shape index (κ3) is 3.31. The van der Waals surface area contributed by atoms with Crippen LogP contribution in [0.25, 0.3) is 10.1 Å². The van der Waals surface area contributed by atoms with E-state index in [1.54, 1.807) is 0 Å². The highest BCUT2D eigenvalue weighted by Crippen LogP contribution is 2.35. The number of carbonyl (C=O) groups is 1. The Kier molecular flexibility index (Phi) is 5.01. The van der Waals surface area contributed by atoms with Gasteiger partial charge in [0, 0.05) is 27.2 Å². The normalized spacial score (nSPS) is 12.6. The second-order valence-corrected chi connectivity index (χ2v) is 6.69. The molecule has 1 atom stereocenters. The molecule has 0 spiro atoms. The van der Waals surface area contributed by atoms with E-state index in [0.717, 1.165) is 21.0 Å². The standard InChI is InChI=1S/C14H17BrN2O2S/c1-8(3-2-6-18)17-14(19)13-12(16)10-7-9(15)4-5-11(10)20-13/h4-5,7-8,18H,2-3,6,16H2,1H3,(H,17,19). The SMILES string of the molecule is CC(CCCO)NC(=O)c1sc2ccc(Br)cc2c1N. The largest absolute Gasteiger partial charge is 0.397 e. The Hall–Kier alpha value is -1.11. The van der Waals surface area contributed by atoms with Crippen molar-refractivity contribution in [1.29, 1.82) is 0 Å². The fourth-order valence-electron chi connectivity index (χ4n) is 2.02. The summed E-state index contributed by atoms with van der Waals surface area (Å²) in [5, 5.41) is 12.6. The molecule has 1 heterocycles. The number of fused-ring (bicyclic) bond motifs is 1. The van der Waals surface area contributed by atoms with Crippen molar-refractivity contribution < 1.29 is 9.90 Å².